The van der Waals surface area contributed by atoms with E-state index in [0.717, 1.165) is 12.8 Å². The molecule has 168 valence electrons. The molecule has 2 aromatic carbocycles. The zero-order valence-electron chi connectivity index (χ0n) is 18.0. The van der Waals surface area contributed by atoms with Crippen molar-refractivity contribution in [2.24, 2.45) is 5.92 Å². The first-order valence-corrected chi connectivity index (χ1v) is 10.8. The molecule has 8 heteroatoms. The van der Waals surface area contributed by atoms with E-state index in [9.17, 15) is 18.8 Å². The minimum absolute atomic E-state index is 0.0171. The maximum Gasteiger partial charge on any atom is 0.260 e. The molecule has 1 aliphatic carbocycles. The van der Waals surface area contributed by atoms with Gasteiger partial charge >= 0.3 is 0 Å². The van der Waals surface area contributed by atoms with E-state index in [4.69, 9.17) is 4.74 Å². The minimum Gasteiger partial charge on any atom is -0.484 e. The highest BCUT2D eigenvalue weighted by atomic mass is 19.1. The number of rotatable bonds is 7. The number of nitrogens with one attached hydrogen (secondary N) is 1. The maximum absolute atomic E-state index is 14.4. The van der Waals surface area contributed by atoms with Gasteiger partial charge in [0, 0.05) is 49.4 Å². The van der Waals surface area contributed by atoms with Crippen LogP contribution in [-0.4, -0.2) is 55.3 Å². The number of halogens is 1. The van der Waals surface area contributed by atoms with Gasteiger partial charge in [-0.1, -0.05) is 6.07 Å². The van der Waals surface area contributed by atoms with Crippen LogP contribution in [0.15, 0.2) is 42.5 Å². The summed E-state index contributed by atoms with van der Waals surface area (Å²) in [6.07, 6.45) is 1.86. The molecule has 0 atom stereocenters. The van der Waals surface area contributed by atoms with Gasteiger partial charge < -0.3 is 19.9 Å². The fourth-order valence-electron chi connectivity index (χ4n) is 3.67. The zero-order valence-corrected chi connectivity index (χ0v) is 18.0. The molecule has 7 nitrogen and oxygen atoms in total. The van der Waals surface area contributed by atoms with Gasteiger partial charge in [0.15, 0.2) is 12.4 Å². The van der Waals surface area contributed by atoms with Gasteiger partial charge in [0.25, 0.3) is 5.91 Å². The van der Waals surface area contributed by atoms with Crippen LogP contribution in [0.1, 0.15) is 30.1 Å². The highest BCUT2D eigenvalue weighted by molar-refractivity contribution is 5.94. The third kappa shape index (κ3) is 5.25. The van der Waals surface area contributed by atoms with Gasteiger partial charge in [-0.25, -0.2) is 4.39 Å². The average Bonchev–Trinajstić information content (AvgIpc) is 3.63. The molecule has 1 saturated heterocycles. The summed E-state index contributed by atoms with van der Waals surface area (Å²) in [5.41, 5.74) is 1.43. The molecular weight excluding hydrogens is 413 g/mol. The third-order valence-corrected chi connectivity index (χ3v) is 5.74. The molecule has 1 heterocycles. The number of amides is 2. The van der Waals surface area contributed by atoms with Crippen molar-refractivity contribution >= 4 is 29.0 Å². The molecule has 1 N–H and O–H groups in total. The van der Waals surface area contributed by atoms with Crippen molar-refractivity contribution in [2.45, 2.75) is 19.8 Å². The topological polar surface area (TPSA) is 79.0 Å². The molecule has 1 aliphatic heterocycles. The van der Waals surface area contributed by atoms with Crippen LogP contribution in [0, 0.1) is 11.7 Å². The standard InChI is InChI=1S/C24H26FN3O4/c1-16(29)18-7-8-22(21(25)13-18)27-9-11-28(12-10-27)23(30)15-32-20-4-2-3-19(14-20)26-24(31)17-5-6-17/h2-4,7-8,13-14,17H,5-6,9-12,15H2,1H3,(H,26,31). The molecule has 2 amide bonds. The van der Waals surface area contributed by atoms with E-state index in [-0.39, 0.29) is 30.1 Å². The predicted octanol–water partition coefficient (Wildman–Crippen LogP) is 3.10. The van der Waals surface area contributed by atoms with Crippen LogP contribution in [0.25, 0.3) is 0 Å². The number of hydrogen-bond acceptors (Lipinski definition) is 5. The fraction of sp³-hybridized carbons (Fsp3) is 0.375. The molecule has 2 fully saturated rings. The summed E-state index contributed by atoms with van der Waals surface area (Å²) < 4.78 is 20.0. The van der Waals surface area contributed by atoms with Gasteiger partial charge in [-0.3, -0.25) is 14.4 Å². The largest absolute Gasteiger partial charge is 0.484 e. The van der Waals surface area contributed by atoms with E-state index in [1.54, 1.807) is 41.3 Å². The van der Waals surface area contributed by atoms with E-state index in [0.29, 0.717) is 48.9 Å². The molecule has 4 rings (SSSR count). The number of benzene rings is 2. The summed E-state index contributed by atoms with van der Waals surface area (Å²) in [4.78, 5) is 39.4. The van der Waals surface area contributed by atoms with Gasteiger partial charge in [-0.15, -0.1) is 0 Å². The number of Topliss-reactive ketones (excluding diaryl/α,β-unsaturated/α-hetero) is 1. The van der Waals surface area contributed by atoms with E-state index >= 15 is 0 Å². The van der Waals surface area contributed by atoms with E-state index < -0.39 is 5.82 Å². The Labute approximate surface area is 186 Å². The molecule has 2 aromatic rings. The van der Waals surface area contributed by atoms with E-state index in [1.165, 1.54) is 13.0 Å². The summed E-state index contributed by atoms with van der Waals surface area (Å²) in [6, 6.07) is 11.5. The molecule has 0 unspecified atom stereocenters. The normalized spacial score (nSPS) is 15.9. The van der Waals surface area contributed by atoms with Crippen molar-refractivity contribution in [2.75, 3.05) is 43.0 Å². The number of hydrogen-bond donors (Lipinski definition) is 1. The van der Waals surface area contributed by atoms with Crippen LogP contribution in [0.4, 0.5) is 15.8 Å². The highest BCUT2D eigenvalue weighted by Crippen LogP contribution is 2.30. The molecule has 0 spiro atoms. The number of ketones is 1. The van der Waals surface area contributed by atoms with E-state index in [2.05, 4.69) is 5.32 Å². The van der Waals surface area contributed by atoms with Gasteiger partial charge in [0.2, 0.25) is 5.91 Å². The Morgan fingerprint density at radius 1 is 1.06 bits per heavy atom. The van der Waals surface area contributed by atoms with Crippen LogP contribution in [-0.2, 0) is 9.59 Å². The Bertz CT molecular complexity index is 1030. The lowest BCUT2D eigenvalue weighted by Gasteiger charge is -2.36. The average molecular weight is 439 g/mol. The second-order valence-corrected chi connectivity index (χ2v) is 8.17. The summed E-state index contributed by atoms with van der Waals surface area (Å²) >= 11 is 0. The molecule has 0 bridgehead atoms. The fourth-order valence-corrected chi connectivity index (χ4v) is 3.67. The Morgan fingerprint density at radius 2 is 1.81 bits per heavy atom. The molecular formula is C24H26FN3O4. The summed E-state index contributed by atoms with van der Waals surface area (Å²) in [7, 11) is 0. The van der Waals surface area contributed by atoms with Gasteiger partial charge in [0.05, 0.1) is 5.69 Å². The molecule has 32 heavy (non-hydrogen) atoms. The van der Waals surface area contributed by atoms with Crippen molar-refractivity contribution in [1.29, 1.82) is 0 Å². The Morgan fingerprint density at radius 3 is 2.47 bits per heavy atom. The monoisotopic (exact) mass is 439 g/mol. The van der Waals surface area contributed by atoms with Crippen molar-refractivity contribution < 1.29 is 23.5 Å². The first-order valence-electron chi connectivity index (χ1n) is 10.8. The Balaban J connectivity index is 1.27. The lowest BCUT2D eigenvalue weighted by Crippen LogP contribution is -2.50. The number of anilines is 2. The Hall–Kier alpha value is -3.42. The molecule has 2 aliphatic rings. The second-order valence-electron chi connectivity index (χ2n) is 8.17. The van der Waals surface area contributed by atoms with Crippen molar-refractivity contribution in [3.8, 4) is 5.75 Å². The van der Waals surface area contributed by atoms with Crippen LogP contribution in [0.5, 0.6) is 5.75 Å². The zero-order chi connectivity index (χ0) is 22.7. The quantitative estimate of drug-likeness (QED) is 0.671. The van der Waals surface area contributed by atoms with E-state index in [1.807, 2.05) is 4.90 Å². The molecule has 0 radical (unpaired) electrons. The minimum atomic E-state index is -0.436. The third-order valence-electron chi connectivity index (χ3n) is 5.74. The molecule has 1 saturated carbocycles. The lowest BCUT2D eigenvalue weighted by atomic mass is 10.1. The number of ether oxygens (including phenoxy) is 1. The van der Waals surface area contributed by atoms with Gasteiger partial charge in [0.1, 0.15) is 11.6 Å². The SMILES string of the molecule is CC(=O)c1ccc(N2CCN(C(=O)COc3cccc(NC(=O)C4CC4)c3)CC2)c(F)c1. The lowest BCUT2D eigenvalue weighted by molar-refractivity contribution is -0.133. The van der Waals surface area contributed by atoms with Crippen LogP contribution in [0.3, 0.4) is 0 Å². The highest BCUT2D eigenvalue weighted by Gasteiger charge is 2.29. The first-order chi connectivity index (χ1) is 15.4. The van der Waals surface area contributed by atoms with Crippen LogP contribution < -0.4 is 15.0 Å². The van der Waals surface area contributed by atoms with Gasteiger partial charge in [-0.05, 0) is 50.1 Å². The van der Waals surface area contributed by atoms with Crippen LogP contribution in [0.2, 0.25) is 0 Å². The summed E-state index contributed by atoms with van der Waals surface area (Å²) in [5, 5.41) is 2.86. The summed E-state index contributed by atoms with van der Waals surface area (Å²) in [5.74, 6) is -0.123. The maximum atomic E-state index is 14.4. The smallest absolute Gasteiger partial charge is 0.260 e. The predicted molar refractivity (Wildman–Crippen MR) is 118 cm³/mol. The molecule has 0 aromatic heterocycles. The number of piperazine rings is 1. The van der Waals surface area contributed by atoms with Crippen molar-refractivity contribution in [3.63, 3.8) is 0 Å². The second kappa shape index (κ2) is 9.38. The van der Waals surface area contributed by atoms with Crippen LogP contribution >= 0.6 is 0 Å². The number of carbonyl (C=O) groups excluding carboxylic acids is 3. The van der Waals surface area contributed by atoms with Crippen molar-refractivity contribution in [3.05, 3.63) is 53.8 Å². The summed E-state index contributed by atoms with van der Waals surface area (Å²) in [6.45, 7) is 3.18. The number of nitrogens with zero attached hydrogens (tertiary/aromatic N) is 2. The first kappa shape index (κ1) is 21.8. The Kier molecular flexibility index (Phi) is 6.39. The number of carbonyl (C=O) groups is 3. The van der Waals surface area contributed by atoms with Crippen molar-refractivity contribution in [1.82, 2.24) is 4.90 Å². The van der Waals surface area contributed by atoms with Gasteiger partial charge in [-0.2, -0.15) is 0 Å².